The van der Waals surface area contributed by atoms with Crippen molar-refractivity contribution in [3.63, 3.8) is 0 Å². The normalized spacial score (nSPS) is 16.2. The van der Waals surface area contributed by atoms with Gasteiger partial charge in [0, 0.05) is 51.8 Å². The first kappa shape index (κ1) is 22.2. The maximum atomic E-state index is 12.5. The van der Waals surface area contributed by atoms with Gasteiger partial charge in [0.15, 0.2) is 5.96 Å². The Balaban J connectivity index is 1.84. The number of piperazine rings is 1. The van der Waals surface area contributed by atoms with Crippen molar-refractivity contribution in [2.24, 2.45) is 4.99 Å². The van der Waals surface area contributed by atoms with Gasteiger partial charge in [-0.2, -0.15) is 4.31 Å². The van der Waals surface area contributed by atoms with Crippen LogP contribution < -0.4 is 5.32 Å². The molecule has 11 heteroatoms. The second-order valence-corrected chi connectivity index (χ2v) is 8.37. The van der Waals surface area contributed by atoms with E-state index in [9.17, 15) is 13.2 Å². The Kier molecular flexibility index (Phi) is 8.71. The van der Waals surface area contributed by atoms with Crippen molar-refractivity contribution in [1.29, 1.82) is 0 Å². The maximum Gasteiger partial charge on any atom is 0.305 e. The standard InChI is InChI=1S/C17H29N5O5S/c1-3-18-17(19-8-5-4-6-16(23)26-2)21-9-11-22(12-10-21)28(24,25)14-15-7-13-27-20-15/h7,13H,3-6,8-12,14H2,1-2H3,(H,18,19). The largest absolute Gasteiger partial charge is 0.469 e. The molecular formula is C17H29N5O5S. The minimum Gasteiger partial charge on any atom is -0.469 e. The number of nitrogens with one attached hydrogen (secondary N) is 1. The predicted octanol–water partition coefficient (Wildman–Crippen LogP) is 0.431. The zero-order valence-electron chi connectivity index (χ0n) is 16.5. The first-order chi connectivity index (χ1) is 13.5. The highest BCUT2D eigenvalue weighted by atomic mass is 32.2. The Morgan fingerprint density at radius 2 is 2.07 bits per heavy atom. The summed E-state index contributed by atoms with van der Waals surface area (Å²) in [7, 11) is -2.04. The van der Waals surface area contributed by atoms with Crippen LogP contribution in [0.15, 0.2) is 21.8 Å². The van der Waals surface area contributed by atoms with Crippen LogP contribution in [0.25, 0.3) is 0 Å². The Labute approximate surface area is 166 Å². The second-order valence-electron chi connectivity index (χ2n) is 6.40. The van der Waals surface area contributed by atoms with Gasteiger partial charge in [0.2, 0.25) is 10.0 Å². The van der Waals surface area contributed by atoms with Crippen molar-refractivity contribution in [3.8, 4) is 0 Å². The molecule has 0 saturated carbocycles. The summed E-state index contributed by atoms with van der Waals surface area (Å²) in [5.41, 5.74) is 0.407. The number of guanidine groups is 1. The van der Waals surface area contributed by atoms with Crippen LogP contribution in [-0.2, 0) is 25.3 Å². The van der Waals surface area contributed by atoms with E-state index in [1.165, 1.54) is 17.7 Å². The van der Waals surface area contributed by atoms with Crippen molar-refractivity contribution in [2.45, 2.75) is 31.9 Å². The first-order valence-electron chi connectivity index (χ1n) is 9.43. The van der Waals surface area contributed by atoms with E-state index in [0.717, 1.165) is 25.3 Å². The van der Waals surface area contributed by atoms with Gasteiger partial charge in [0.1, 0.15) is 12.0 Å². The van der Waals surface area contributed by atoms with E-state index >= 15 is 0 Å². The van der Waals surface area contributed by atoms with Crippen LogP contribution in [0.2, 0.25) is 0 Å². The topological polar surface area (TPSA) is 117 Å². The highest BCUT2D eigenvalue weighted by Crippen LogP contribution is 2.13. The Morgan fingerprint density at radius 3 is 2.68 bits per heavy atom. The zero-order chi connectivity index (χ0) is 20.4. The smallest absolute Gasteiger partial charge is 0.305 e. The van der Waals surface area contributed by atoms with Crippen molar-refractivity contribution >= 4 is 22.0 Å². The molecule has 2 rings (SSSR count). The van der Waals surface area contributed by atoms with E-state index in [1.807, 2.05) is 6.92 Å². The third-order valence-electron chi connectivity index (χ3n) is 4.37. The molecule has 1 saturated heterocycles. The lowest BCUT2D eigenvalue weighted by atomic mass is 10.2. The molecule has 0 atom stereocenters. The number of hydrogen-bond donors (Lipinski definition) is 1. The number of carbonyl (C=O) groups is 1. The molecule has 28 heavy (non-hydrogen) atoms. The summed E-state index contributed by atoms with van der Waals surface area (Å²) in [5.74, 6) is 0.408. The third kappa shape index (κ3) is 6.79. The molecule has 0 unspecified atom stereocenters. The van der Waals surface area contributed by atoms with Crippen molar-refractivity contribution in [3.05, 3.63) is 18.0 Å². The Bertz CT molecular complexity index is 727. The van der Waals surface area contributed by atoms with E-state index in [2.05, 4.69) is 25.1 Å². The number of hydrogen-bond acceptors (Lipinski definition) is 7. The number of carbonyl (C=O) groups excluding carboxylic acids is 1. The molecule has 2 heterocycles. The number of esters is 1. The number of aliphatic imine (C=N–C) groups is 1. The molecule has 0 spiro atoms. The Hall–Kier alpha value is -2.14. The summed E-state index contributed by atoms with van der Waals surface area (Å²) in [6.45, 7) is 5.24. The SMILES string of the molecule is CCNC(=NCCCCC(=O)OC)N1CCN(S(=O)(=O)Cc2ccon2)CC1. The van der Waals surface area contributed by atoms with Crippen molar-refractivity contribution in [1.82, 2.24) is 19.7 Å². The number of rotatable bonds is 9. The van der Waals surface area contributed by atoms with Crippen LogP contribution in [0, 0.1) is 0 Å². The van der Waals surface area contributed by atoms with Gasteiger partial charge in [-0.3, -0.25) is 9.79 Å². The fourth-order valence-corrected chi connectivity index (χ4v) is 4.29. The average Bonchev–Trinajstić information content (AvgIpc) is 3.19. The molecule has 0 amide bonds. The summed E-state index contributed by atoms with van der Waals surface area (Å²) in [6, 6.07) is 1.56. The monoisotopic (exact) mass is 415 g/mol. The minimum absolute atomic E-state index is 0.155. The van der Waals surface area contributed by atoms with Gasteiger partial charge in [-0.1, -0.05) is 5.16 Å². The number of aromatic nitrogens is 1. The summed E-state index contributed by atoms with van der Waals surface area (Å²) in [4.78, 5) is 17.8. The van der Waals surface area contributed by atoms with Gasteiger partial charge < -0.3 is 19.5 Å². The summed E-state index contributed by atoms with van der Waals surface area (Å²) >= 11 is 0. The molecule has 0 aromatic carbocycles. The summed E-state index contributed by atoms with van der Waals surface area (Å²) < 4.78 is 35.9. The van der Waals surface area contributed by atoms with Gasteiger partial charge in [-0.05, 0) is 19.8 Å². The molecule has 0 radical (unpaired) electrons. The second kappa shape index (κ2) is 11.0. The molecule has 0 bridgehead atoms. The molecule has 1 fully saturated rings. The molecule has 1 aromatic rings. The van der Waals surface area contributed by atoms with Crippen LogP contribution >= 0.6 is 0 Å². The maximum absolute atomic E-state index is 12.5. The van der Waals surface area contributed by atoms with Crippen molar-refractivity contribution < 1.29 is 22.5 Å². The molecule has 158 valence electrons. The number of nitrogens with zero attached hydrogens (tertiary/aromatic N) is 4. The number of methoxy groups -OCH3 is 1. The summed E-state index contributed by atoms with van der Waals surface area (Å²) in [5, 5.41) is 6.93. The lowest BCUT2D eigenvalue weighted by molar-refractivity contribution is -0.140. The third-order valence-corrected chi connectivity index (χ3v) is 6.18. The number of unbranched alkanes of at least 4 members (excludes halogenated alkanes) is 1. The molecule has 10 nitrogen and oxygen atoms in total. The zero-order valence-corrected chi connectivity index (χ0v) is 17.3. The van der Waals surface area contributed by atoms with Gasteiger partial charge in [-0.25, -0.2) is 8.42 Å². The average molecular weight is 416 g/mol. The fourth-order valence-electron chi connectivity index (χ4n) is 2.86. The van der Waals surface area contributed by atoms with Crippen LogP contribution in [0.5, 0.6) is 0 Å². The molecule has 0 aliphatic carbocycles. The van der Waals surface area contributed by atoms with Gasteiger partial charge in [0.25, 0.3) is 0 Å². The van der Waals surface area contributed by atoms with Crippen LogP contribution in [0.3, 0.4) is 0 Å². The molecular weight excluding hydrogens is 386 g/mol. The van der Waals surface area contributed by atoms with Gasteiger partial charge in [0.05, 0.1) is 12.8 Å². The van der Waals surface area contributed by atoms with Crippen LogP contribution in [0.1, 0.15) is 31.9 Å². The van der Waals surface area contributed by atoms with E-state index < -0.39 is 10.0 Å². The van der Waals surface area contributed by atoms with Crippen LogP contribution in [-0.4, -0.2) is 81.1 Å². The molecule has 1 aliphatic heterocycles. The van der Waals surface area contributed by atoms with E-state index in [4.69, 9.17) is 4.52 Å². The molecule has 1 N–H and O–H groups in total. The predicted molar refractivity (Wildman–Crippen MR) is 104 cm³/mol. The Morgan fingerprint density at radius 1 is 1.32 bits per heavy atom. The fraction of sp³-hybridized carbons (Fsp3) is 0.706. The van der Waals surface area contributed by atoms with E-state index in [0.29, 0.717) is 44.8 Å². The highest BCUT2D eigenvalue weighted by Gasteiger charge is 2.28. The molecule has 1 aliphatic rings. The first-order valence-corrected chi connectivity index (χ1v) is 11.0. The van der Waals surface area contributed by atoms with Gasteiger partial charge >= 0.3 is 5.97 Å². The summed E-state index contributed by atoms with van der Waals surface area (Å²) in [6.07, 6.45) is 3.28. The van der Waals surface area contributed by atoms with Crippen LogP contribution in [0.4, 0.5) is 0 Å². The lowest BCUT2D eigenvalue weighted by Crippen LogP contribution is -2.53. The lowest BCUT2D eigenvalue weighted by Gasteiger charge is -2.35. The number of ether oxygens (including phenoxy) is 1. The van der Waals surface area contributed by atoms with Crippen molar-refractivity contribution in [2.75, 3.05) is 46.4 Å². The quantitative estimate of drug-likeness (QED) is 0.267. The minimum atomic E-state index is -3.42. The number of sulfonamides is 1. The van der Waals surface area contributed by atoms with Gasteiger partial charge in [-0.15, -0.1) is 0 Å². The highest BCUT2D eigenvalue weighted by molar-refractivity contribution is 7.88. The molecule has 1 aromatic heterocycles. The van der Waals surface area contributed by atoms with E-state index in [1.54, 1.807) is 6.07 Å². The van der Waals surface area contributed by atoms with E-state index in [-0.39, 0.29) is 11.7 Å².